The maximum Gasteiger partial charge on any atom is 0.409 e. The molecule has 1 amide bonds. The van der Waals surface area contributed by atoms with Gasteiger partial charge in [-0.1, -0.05) is 32.0 Å². The predicted octanol–water partition coefficient (Wildman–Crippen LogP) is 3.94. The van der Waals surface area contributed by atoms with Crippen LogP contribution in [0.1, 0.15) is 39.2 Å². The van der Waals surface area contributed by atoms with E-state index in [1.807, 2.05) is 6.92 Å². The number of ether oxygens (including phenoxy) is 1. The lowest BCUT2D eigenvalue weighted by atomic mass is 10.1. The first-order chi connectivity index (χ1) is 10.6. The fourth-order valence-electron chi connectivity index (χ4n) is 2.46. The molecule has 0 bridgehead atoms. The number of carbonyl (C=O) groups is 1. The molecule has 4 nitrogen and oxygen atoms in total. The van der Waals surface area contributed by atoms with Gasteiger partial charge in [0.1, 0.15) is 0 Å². The molecule has 1 aromatic rings. The van der Waals surface area contributed by atoms with E-state index in [-0.39, 0.29) is 6.09 Å². The van der Waals surface area contributed by atoms with Gasteiger partial charge >= 0.3 is 6.09 Å². The van der Waals surface area contributed by atoms with Gasteiger partial charge in [0.25, 0.3) is 0 Å². The summed E-state index contributed by atoms with van der Waals surface area (Å²) in [6, 6.07) is 8.55. The van der Waals surface area contributed by atoms with Crippen LogP contribution in [0.15, 0.2) is 24.3 Å². The van der Waals surface area contributed by atoms with Gasteiger partial charge in [-0.25, -0.2) is 4.79 Å². The number of amides is 1. The molecular weight excluding hydrogens is 276 g/mol. The highest BCUT2D eigenvalue weighted by molar-refractivity contribution is 5.67. The molecule has 4 heteroatoms. The molecule has 0 aromatic heterocycles. The zero-order valence-corrected chi connectivity index (χ0v) is 14.5. The summed E-state index contributed by atoms with van der Waals surface area (Å²) >= 11 is 0. The fraction of sp³-hybridized carbons (Fsp3) is 0.611. The first-order valence-electron chi connectivity index (χ1n) is 8.34. The molecule has 124 valence electrons. The Morgan fingerprint density at radius 3 is 2.50 bits per heavy atom. The van der Waals surface area contributed by atoms with Gasteiger partial charge in [-0.2, -0.15) is 0 Å². The number of hydrogen-bond acceptors (Lipinski definition) is 3. The maximum atomic E-state index is 11.7. The van der Waals surface area contributed by atoms with Crippen LogP contribution in [0.2, 0.25) is 0 Å². The Morgan fingerprint density at radius 2 is 1.86 bits per heavy atom. The average Bonchev–Trinajstić information content (AvgIpc) is 2.56. The average molecular weight is 306 g/mol. The van der Waals surface area contributed by atoms with Gasteiger partial charge < -0.3 is 14.5 Å². The molecule has 0 radical (unpaired) electrons. The second kappa shape index (κ2) is 10.1. The van der Waals surface area contributed by atoms with Crippen molar-refractivity contribution in [2.24, 2.45) is 0 Å². The van der Waals surface area contributed by atoms with Crippen LogP contribution in [0.4, 0.5) is 10.5 Å². The summed E-state index contributed by atoms with van der Waals surface area (Å²) in [5.74, 6) is 0. The predicted molar refractivity (Wildman–Crippen MR) is 92.6 cm³/mol. The number of carbonyl (C=O) groups excluding carboxylic acids is 1. The standard InChI is InChI=1S/C18H30N2O2/c1-5-15-22-18(21)19(4)13-10-14-20(7-3)17-12-9-8-11-16(17)6-2/h8-9,11-12H,5-7,10,13-15H2,1-4H3. The Balaban J connectivity index is 2.49. The van der Waals surface area contributed by atoms with Crippen LogP contribution >= 0.6 is 0 Å². The Labute approximate surface area is 135 Å². The van der Waals surface area contributed by atoms with Gasteiger partial charge in [-0.15, -0.1) is 0 Å². The van der Waals surface area contributed by atoms with E-state index in [0.29, 0.717) is 13.2 Å². The van der Waals surface area contributed by atoms with Crippen molar-refractivity contribution in [1.29, 1.82) is 0 Å². The third-order valence-corrected chi connectivity index (χ3v) is 3.76. The van der Waals surface area contributed by atoms with Crippen molar-refractivity contribution in [2.45, 2.75) is 40.0 Å². The van der Waals surface area contributed by atoms with Gasteiger partial charge in [0.05, 0.1) is 6.61 Å². The molecule has 0 aliphatic rings. The molecule has 0 N–H and O–H groups in total. The largest absolute Gasteiger partial charge is 0.449 e. The molecule has 0 saturated carbocycles. The summed E-state index contributed by atoms with van der Waals surface area (Å²) in [5, 5.41) is 0. The molecule has 22 heavy (non-hydrogen) atoms. The van der Waals surface area contributed by atoms with E-state index in [0.717, 1.165) is 32.4 Å². The van der Waals surface area contributed by atoms with Crippen LogP contribution in [-0.2, 0) is 11.2 Å². The lowest BCUT2D eigenvalue weighted by Crippen LogP contribution is -2.32. The van der Waals surface area contributed by atoms with E-state index in [1.54, 1.807) is 11.9 Å². The molecular formula is C18H30N2O2. The van der Waals surface area contributed by atoms with Gasteiger partial charge in [-0.3, -0.25) is 0 Å². The molecule has 0 fully saturated rings. The monoisotopic (exact) mass is 306 g/mol. The van der Waals surface area contributed by atoms with Crippen molar-refractivity contribution >= 4 is 11.8 Å². The molecule has 1 aromatic carbocycles. The first kappa shape index (κ1) is 18.3. The topological polar surface area (TPSA) is 32.8 Å². The summed E-state index contributed by atoms with van der Waals surface area (Å²) in [6.45, 7) is 9.48. The SMILES string of the molecule is CCCOC(=O)N(C)CCCN(CC)c1ccccc1CC. The number of rotatable bonds is 9. The molecule has 0 aliphatic carbocycles. The van der Waals surface area contributed by atoms with Crippen molar-refractivity contribution in [3.8, 4) is 0 Å². The number of aryl methyl sites for hydroxylation is 1. The van der Waals surface area contributed by atoms with Crippen LogP contribution in [-0.4, -0.2) is 44.3 Å². The van der Waals surface area contributed by atoms with Gasteiger partial charge in [-0.05, 0) is 37.8 Å². The number of anilines is 1. The number of hydrogen-bond donors (Lipinski definition) is 0. The molecule has 0 spiro atoms. The van der Waals surface area contributed by atoms with E-state index in [1.165, 1.54) is 11.3 Å². The summed E-state index contributed by atoms with van der Waals surface area (Å²) in [7, 11) is 1.80. The second-order valence-corrected chi connectivity index (χ2v) is 5.45. The first-order valence-corrected chi connectivity index (χ1v) is 8.34. The zero-order valence-electron chi connectivity index (χ0n) is 14.5. The number of benzene rings is 1. The van der Waals surface area contributed by atoms with Crippen LogP contribution in [0.5, 0.6) is 0 Å². The maximum absolute atomic E-state index is 11.7. The number of para-hydroxylation sites is 1. The Morgan fingerprint density at radius 1 is 1.14 bits per heavy atom. The summed E-state index contributed by atoms with van der Waals surface area (Å²) in [6.07, 6.45) is 2.61. The smallest absolute Gasteiger partial charge is 0.409 e. The van der Waals surface area contributed by atoms with E-state index >= 15 is 0 Å². The highest BCUT2D eigenvalue weighted by Crippen LogP contribution is 2.20. The summed E-state index contributed by atoms with van der Waals surface area (Å²) < 4.78 is 5.13. The van der Waals surface area contributed by atoms with E-state index in [9.17, 15) is 4.79 Å². The van der Waals surface area contributed by atoms with Crippen molar-refractivity contribution in [2.75, 3.05) is 38.2 Å². The molecule has 0 unspecified atom stereocenters. The Bertz CT molecular complexity index is 448. The lowest BCUT2D eigenvalue weighted by Gasteiger charge is -2.26. The summed E-state index contributed by atoms with van der Waals surface area (Å²) in [4.78, 5) is 15.7. The van der Waals surface area contributed by atoms with Crippen molar-refractivity contribution in [3.05, 3.63) is 29.8 Å². The quantitative estimate of drug-likeness (QED) is 0.692. The highest BCUT2D eigenvalue weighted by atomic mass is 16.6. The van der Waals surface area contributed by atoms with Crippen LogP contribution < -0.4 is 4.90 Å². The third-order valence-electron chi connectivity index (χ3n) is 3.76. The van der Waals surface area contributed by atoms with E-state index in [2.05, 4.69) is 43.0 Å². The zero-order chi connectivity index (χ0) is 16.4. The molecule has 1 rings (SSSR count). The number of nitrogens with zero attached hydrogens (tertiary/aromatic N) is 2. The lowest BCUT2D eigenvalue weighted by molar-refractivity contribution is 0.111. The van der Waals surface area contributed by atoms with Gasteiger partial charge in [0.2, 0.25) is 0 Å². The van der Waals surface area contributed by atoms with Crippen molar-refractivity contribution < 1.29 is 9.53 Å². The van der Waals surface area contributed by atoms with Gasteiger partial charge in [0.15, 0.2) is 0 Å². The molecule has 0 aliphatic heterocycles. The Kier molecular flexibility index (Phi) is 8.41. The minimum absolute atomic E-state index is 0.223. The van der Waals surface area contributed by atoms with Crippen molar-refractivity contribution in [1.82, 2.24) is 4.90 Å². The summed E-state index contributed by atoms with van der Waals surface area (Å²) in [5.41, 5.74) is 2.68. The van der Waals surface area contributed by atoms with E-state index in [4.69, 9.17) is 4.74 Å². The highest BCUT2D eigenvalue weighted by Gasteiger charge is 2.11. The van der Waals surface area contributed by atoms with Crippen molar-refractivity contribution in [3.63, 3.8) is 0 Å². The molecule has 0 saturated heterocycles. The molecule has 0 heterocycles. The van der Waals surface area contributed by atoms with Gasteiger partial charge in [0, 0.05) is 32.4 Å². The normalized spacial score (nSPS) is 10.4. The minimum atomic E-state index is -0.223. The fourth-order valence-corrected chi connectivity index (χ4v) is 2.46. The molecule has 0 atom stereocenters. The van der Waals surface area contributed by atoms with E-state index < -0.39 is 0 Å². The minimum Gasteiger partial charge on any atom is -0.449 e. The third kappa shape index (κ3) is 5.58. The van der Waals surface area contributed by atoms with Crippen LogP contribution in [0, 0.1) is 0 Å². The second-order valence-electron chi connectivity index (χ2n) is 5.45. The van der Waals surface area contributed by atoms with Crippen LogP contribution in [0.3, 0.4) is 0 Å². The van der Waals surface area contributed by atoms with Crippen LogP contribution in [0.25, 0.3) is 0 Å². The Hall–Kier alpha value is -1.71.